The number of carbonyl (C=O) groups is 2. The highest BCUT2D eigenvalue weighted by molar-refractivity contribution is 5.81. The third-order valence-corrected chi connectivity index (χ3v) is 7.61. The average molecular weight is 523 g/mol. The number of rotatable bonds is 9. The van der Waals surface area contributed by atoms with Crippen molar-refractivity contribution in [3.05, 3.63) is 71.3 Å². The monoisotopic (exact) mass is 522 g/mol. The van der Waals surface area contributed by atoms with Gasteiger partial charge in [0, 0.05) is 37.5 Å². The summed E-state index contributed by atoms with van der Waals surface area (Å²) in [5, 5.41) is 29.9. The molecule has 1 saturated heterocycles. The second-order valence-electron chi connectivity index (χ2n) is 11.7. The maximum absolute atomic E-state index is 13.1. The maximum atomic E-state index is 13.1. The van der Waals surface area contributed by atoms with Crippen molar-refractivity contribution in [2.45, 2.75) is 70.7 Å². The van der Waals surface area contributed by atoms with Gasteiger partial charge in [-0.25, -0.2) is 5.01 Å². The smallest absolute Gasteiger partial charge is 0.249 e. The molecule has 0 saturated carbocycles. The van der Waals surface area contributed by atoms with E-state index in [1.54, 1.807) is 0 Å². The number of benzene rings is 2. The molecule has 0 spiro atoms. The summed E-state index contributed by atoms with van der Waals surface area (Å²) in [6.45, 7) is 7.86. The van der Waals surface area contributed by atoms with E-state index in [1.807, 2.05) is 68.2 Å². The van der Waals surface area contributed by atoms with Crippen LogP contribution in [0.3, 0.4) is 0 Å². The predicted octanol–water partition coefficient (Wildman–Crippen LogP) is 2.11. The minimum Gasteiger partial charge on any atom is -0.390 e. The Morgan fingerprint density at radius 2 is 1.82 bits per heavy atom. The van der Waals surface area contributed by atoms with E-state index in [-0.39, 0.29) is 24.3 Å². The molecule has 0 aromatic heterocycles. The maximum Gasteiger partial charge on any atom is 0.249 e. The zero-order chi connectivity index (χ0) is 27.3. The fraction of sp³-hybridized carbons (Fsp3) is 0.533. The zero-order valence-corrected chi connectivity index (χ0v) is 22.7. The molecule has 0 unspecified atom stereocenters. The first-order valence-corrected chi connectivity index (χ1v) is 13.7. The third-order valence-electron chi connectivity index (χ3n) is 7.61. The van der Waals surface area contributed by atoms with E-state index < -0.39 is 29.6 Å². The molecule has 1 fully saturated rings. The van der Waals surface area contributed by atoms with Crippen LogP contribution in [0.1, 0.15) is 56.3 Å². The number of amides is 2. The number of carbonyl (C=O) groups excluding carboxylic acids is 2. The Kier molecular flexibility index (Phi) is 9.20. The molecular weight excluding hydrogens is 480 g/mol. The molecule has 0 radical (unpaired) electrons. The summed E-state index contributed by atoms with van der Waals surface area (Å²) in [7, 11) is 0. The molecule has 206 valence electrons. The van der Waals surface area contributed by atoms with Gasteiger partial charge in [0.05, 0.1) is 12.1 Å². The molecule has 8 nitrogen and oxygen atoms in total. The topological polar surface area (TPSA) is 114 Å². The summed E-state index contributed by atoms with van der Waals surface area (Å²) in [6.07, 6.45) is 0.250. The van der Waals surface area contributed by atoms with E-state index in [1.165, 1.54) is 0 Å². The van der Waals surface area contributed by atoms with Crippen molar-refractivity contribution in [2.75, 3.05) is 19.6 Å². The molecule has 1 aliphatic heterocycles. The summed E-state index contributed by atoms with van der Waals surface area (Å²) in [4.78, 5) is 25.8. The number of piperazine rings is 1. The highest BCUT2D eigenvalue weighted by atomic mass is 16.3. The first-order valence-electron chi connectivity index (χ1n) is 13.7. The van der Waals surface area contributed by atoms with Crippen LogP contribution in [0.15, 0.2) is 54.6 Å². The number of fused-ring (bicyclic) bond motifs is 1. The highest BCUT2D eigenvalue weighted by Crippen LogP contribution is 2.31. The van der Waals surface area contributed by atoms with E-state index in [0.29, 0.717) is 32.4 Å². The van der Waals surface area contributed by atoms with Crippen LogP contribution in [-0.2, 0) is 22.4 Å². The third kappa shape index (κ3) is 7.20. The lowest BCUT2D eigenvalue weighted by atomic mass is 9.87. The van der Waals surface area contributed by atoms with Gasteiger partial charge in [0.2, 0.25) is 11.8 Å². The molecule has 0 bridgehead atoms. The van der Waals surface area contributed by atoms with Crippen molar-refractivity contribution in [1.82, 2.24) is 21.1 Å². The summed E-state index contributed by atoms with van der Waals surface area (Å²) < 4.78 is 0. The number of aliphatic hydroxyl groups is 2. The van der Waals surface area contributed by atoms with Crippen LogP contribution in [0.25, 0.3) is 0 Å². The molecule has 1 heterocycles. The first-order chi connectivity index (χ1) is 18.1. The van der Waals surface area contributed by atoms with Gasteiger partial charge in [0.25, 0.3) is 0 Å². The van der Waals surface area contributed by atoms with Crippen LogP contribution in [0.5, 0.6) is 0 Å². The van der Waals surface area contributed by atoms with Gasteiger partial charge in [-0.05, 0) is 41.9 Å². The minimum absolute atomic E-state index is 0.00197. The van der Waals surface area contributed by atoms with E-state index >= 15 is 0 Å². The number of hydrogen-bond donors (Lipinski definition) is 5. The lowest BCUT2D eigenvalue weighted by molar-refractivity contribution is -0.135. The summed E-state index contributed by atoms with van der Waals surface area (Å²) >= 11 is 0. The lowest BCUT2D eigenvalue weighted by Crippen LogP contribution is -2.60. The Balaban J connectivity index is 1.45. The molecule has 38 heavy (non-hydrogen) atoms. The van der Waals surface area contributed by atoms with Gasteiger partial charge in [0.15, 0.2) is 0 Å². The van der Waals surface area contributed by atoms with Crippen LogP contribution in [-0.4, -0.2) is 64.9 Å². The molecule has 1 aliphatic carbocycles. The van der Waals surface area contributed by atoms with Gasteiger partial charge >= 0.3 is 0 Å². The quantitative estimate of drug-likeness (QED) is 0.345. The van der Waals surface area contributed by atoms with Crippen molar-refractivity contribution in [1.29, 1.82) is 0 Å². The Morgan fingerprint density at radius 1 is 1.11 bits per heavy atom. The zero-order valence-electron chi connectivity index (χ0n) is 22.7. The highest BCUT2D eigenvalue weighted by Gasteiger charge is 2.35. The largest absolute Gasteiger partial charge is 0.390 e. The van der Waals surface area contributed by atoms with Crippen LogP contribution < -0.4 is 16.1 Å². The number of hydrazine groups is 1. The van der Waals surface area contributed by atoms with Crippen LogP contribution in [0.4, 0.5) is 0 Å². The number of hydrogen-bond acceptors (Lipinski definition) is 6. The number of aliphatic hydroxyl groups excluding tert-OH is 2. The average Bonchev–Trinajstić information content (AvgIpc) is 3.19. The van der Waals surface area contributed by atoms with E-state index in [2.05, 4.69) is 28.2 Å². The molecule has 8 heteroatoms. The van der Waals surface area contributed by atoms with Crippen molar-refractivity contribution in [3.63, 3.8) is 0 Å². The Labute approximate surface area is 225 Å². The molecule has 4 rings (SSSR count). The van der Waals surface area contributed by atoms with Crippen molar-refractivity contribution >= 4 is 11.8 Å². The molecule has 5 atom stereocenters. The molecule has 5 N–H and O–H groups in total. The Hall–Kier alpha value is -2.78. The number of nitrogens with zero attached hydrogens (tertiary/aromatic N) is 1. The Bertz CT molecular complexity index is 1090. The number of nitrogens with one attached hydrogen (secondary N) is 3. The van der Waals surface area contributed by atoms with Crippen molar-refractivity contribution in [3.8, 4) is 0 Å². The summed E-state index contributed by atoms with van der Waals surface area (Å²) in [5.41, 5.74) is 5.66. The van der Waals surface area contributed by atoms with Gasteiger partial charge in [-0.2, -0.15) is 0 Å². The molecular formula is C30H42N4O4. The SMILES string of the molecule is CC(C)(C)C(=O)NN1CCNC[C@@H]1C[C@@H](Cc1ccccc1)C[C@H](O)C(=O)N[C@H]1c2ccccc2C[C@H]1O. The van der Waals surface area contributed by atoms with Crippen molar-refractivity contribution in [2.24, 2.45) is 11.3 Å². The van der Waals surface area contributed by atoms with Crippen LogP contribution in [0.2, 0.25) is 0 Å². The lowest BCUT2D eigenvalue weighted by Gasteiger charge is -2.39. The summed E-state index contributed by atoms with van der Waals surface area (Å²) in [6, 6.07) is 17.3. The molecule has 2 aliphatic rings. The first kappa shape index (κ1) is 28.2. The Morgan fingerprint density at radius 3 is 2.55 bits per heavy atom. The van der Waals surface area contributed by atoms with Crippen LogP contribution in [0, 0.1) is 11.3 Å². The minimum atomic E-state index is -1.21. The standard InChI is InChI=1S/C30H42N4O4/c1-30(2,3)29(38)33-34-14-13-31-19-23(34)16-21(15-20-9-5-4-6-10-20)17-26(36)28(37)32-27-24-12-8-7-11-22(24)18-25(27)35/h4-12,21,23,25-27,31,35-36H,13-19H2,1-3H3,(H,32,37)(H,33,38)/t21-,23+,25-,26+,27+/m1/s1. The van der Waals surface area contributed by atoms with E-state index in [4.69, 9.17) is 0 Å². The second kappa shape index (κ2) is 12.4. The predicted molar refractivity (Wildman–Crippen MR) is 147 cm³/mol. The van der Waals surface area contributed by atoms with Gasteiger partial charge in [-0.1, -0.05) is 75.4 Å². The van der Waals surface area contributed by atoms with Gasteiger partial charge < -0.3 is 20.8 Å². The van der Waals surface area contributed by atoms with Gasteiger partial charge in [0.1, 0.15) is 6.10 Å². The fourth-order valence-electron chi connectivity index (χ4n) is 5.43. The van der Waals surface area contributed by atoms with E-state index in [9.17, 15) is 19.8 Å². The summed E-state index contributed by atoms with van der Waals surface area (Å²) in [5.74, 6) is -0.500. The second-order valence-corrected chi connectivity index (χ2v) is 11.7. The molecule has 2 amide bonds. The van der Waals surface area contributed by atoms with E-state index in [0.717, 1.165) is 23.2 Å². The van der Waals surface area contributed by atoms with Gasteiger partial charge in [-0.3, -0.25) is 15.0 Å². The van der Waals surface area contributed by atoms with Crippen LogP contribution >= 0.6 is 0 Å². The normalized spacial score (nSPS) is 23.3. The molecule has 2 aromatic carbocycles. The van der Waals surface area contributed by atoms with Gasteiger partial charge in [-0.15, -0.1) is 0 Å². The fourth-order valence-corrected chi connectivity index (χ4v) is 5.43. The molecule has 2 aromatic rings. The van der Waals surface area contributed by atoms with Crippen molar-refractivity contribution < 1.29 is 19.8 Å².